The number of halogens is 2. The average Bonchev–Trinajstić information content (AvgIpc) is 2.90. The molecule has 0 spiro atoms. The van der Waals surface area contributed by atoms with Gasteiger partial charge in [0.05, 0.1) is 4.90 Å². The van der Waals surface area contributed by atoms with Crippen LogP contribution in [0.15, 0.2) is 47.4 Å². The first-order chi connectivity index (χ1) is 13.3. The van der Waals surface area contributed by atoms with Crippen LogP contribution in [0.3, 0.4) is 0 Å². The van der Waals surface area contributed by atoms with Crippen LogP contribution in [0, 0.1) is 12.7 Å². The minimum atomic E-state index is -3.75. The number of rotatable bonds is 3. The summed E-state index contributed by atoms with van der Waals surface area (Å²) in [5.74, 6) is -0.446. The molecule has 0 bridgehead atoms. The Labute approximate surface area is 168 Å². The molecule has 0 unspecified atom stereocenters. The lowest BCUT2D eigenvalue weighted by molar-refractivity contribution is 0.214. The second kappa shape index (κ2) is 8.46. The van der Waals surface area contributed by atoms with Gasteiger partial charge in [0.1, 0.15) is 5.82 Å². The Bertz CT molecular complexity index is 984. The zero-order valence-electron chi connectivity index (χ0n) is 15.4. The van der Waals surface area contributed by atoms with Gasteiger partial charge in [-0.3, -0.25) is 0 Å². The van der Waals surface area contributed by atoms with Crippen LogP contribution >= 0.6 is 11.6 Å². The summed E-state index contributed by atoms with van der Waals surface area (Å²) in [7, 11) is -3.75. The minimum absolute atomic E-state index is 0.0585. The number of carbonyl (C=O) groups excluding carboxylic acids is 1. The van der Waals surface area contributed by atoms with Gasteiger partial charge in [-0.15, -0.1) is 0 Å². The van der Waals surface area contributed by atoms with Crippen molar-refractivity contribution in [3.8, 4) is 0 Å². The third-order valence-electron chi connectivity index (χ3n) is 4.59. The number of anilines is 1. The SMILES string of the molecule is Cc1cc(S(=O)(=O)N2CCCN(C(=O)Nc3cccc(Cl)c3)CC2)ccc1F. The summed E-state index contributed by atoms with van der Waals surface area (Å²) in [5.41, 5.74) is 0.853. The first kappa shape index (κ1) is 20.6. The normalized spacial score (nSPS) is 15.9. The molecule has 1 heterocycles. The first-order valence-electron chi connectivity index (χ1n) is 8.85. The van der Waals surface area contributed by atoms with Crippen LogP contribution in [0.1, 0.15) is 12.0 Å². The Morgan fingerprint density at radius 2 is 1.89 bits per heavy atom. The van der Waals surface area contributed by atoms with Crippen molar-refractivity contribution >= 4 is 33.3 Å². The molecule has 0 radical (unpaired) electrons. The summed E-state index contributed by atoms with van der Waals surface area (Å²) in [6.45, 7) is 2.67. The maximum atomic E-state index is 13.5. The van der Waals surface area contributed by atoms with E-state index < -0.39 is 15.8 Å². The van der Waals surface area contributed by atoms with Crippen LogP contribution in [-0.2, 0) is 10.0 Å². The van der Waals surface area contributed by atoms with Crippen molar-refractivity contribution in [1.29, 1.82) is 0 Å². The number of benzene rings is 2. The van der Waals surface area contributed by atoms with Gasteiger partial charge in [0.15, 0.2) is 0 Å². The van der Waals surface area contributed by atoms with E-state index in [1.54, 1.807) is 29.2 Å². The number of urea groups is 1. The second-order valence-corrected chi connectivity index (χ2v) is 8.97. The molecule has 150 valence electrons. The molecule has 0 aliphatic carbocycles. The number of aryl methyl sites for hydroxylation is 1. The lowest BCUT2D eigenvalue weighted by Gasteiger charge is -2.22. The summed E-state index contributed by atoms with van der Waals surface area (Å²) in [4.78, 5) is 14.1. The molecule has 1 N–H and O–H groups in total. The monoisotopic (exact) mass is 425 g/mol. The highest BCUT2D eigenvalue weighted by Gasteiger charge is 2.28. The van der Waals surface area contributed by atoms with Crippen molar-refractivity contribution in [2.75, 3.05) is 31.5 Å². The van der Waals surface area contributed by atoms with Gasteiger partial charge in [0.2, 0.25) is 10.0 Å². The third-order valence-corrected chi connectivity index (χ3v) is 6.71. The highest BCUT2D eigenvalue weighted by Crippen LogP contribution is 2.21. The number of carbonyl (C=O) groups is 1. The maximum Gasteiger partial charge on any atom is 0.321 e. The number of nitrogens with one attached hydrogen (secondary N) is 1. The average molecular weight is 426 g/mol. The van der Waals surface area contributed by atoms with Crippen molar-refractivity contribution in [1.82, 2.24) is 9.21 Å². The van der Waals surface area contributed by atoms with Gasteiger partial charge in [-0.1, -0.05) is 17.7 Å². The lowest BCUT2D eigenvalue weighted by atomic mass is 10.2. The molecule has 0 aromatic heterocycles. The predicted molar refractivity (Wildman–Crippen MR) is 107 cm³/mol. The number of amides is 2. The van der Waals surface area contributed by atoms with Crippen LogP contribution < -0.4 is 5.32 Å². The molecule has 2 aromatic carbocycles. The fourth-order valence-electron chi connectivity index (χ4n) is 3.03. The molecule has 1 aliphatic rings. The largest absolute Gasteiger partial charge is 0.323 e. The zero-order chi connectivity index (χ0) is 20.3. The Hall–Kier alpha value is -2.16. The van der Waals surface area contributed by atoms with Crippen LogP contribution in [-0.4, -0.2) is 49.8 Å². The van der Waals surface area contributed by atoms with E-state index in [9.17, 15) is 17.6 Å². The van der Waals surface area contributed by atoms with E-state index in [2.05, 4.69) is 5.32 Å². The van der Waals surface area contributed by atoms with Crippen LogP contribution in [0.5, 0.6) is 0 Å². The summed E-state index contributed by atoms with van der Waals surface area (Å²) < 4.78 is 40.6. The van der Waals surface area contributed by atoms with E-state index in [0.717, 1.165) is 6.07 Å². The van der Waals surface area contributed by atoms with E-state index in [1.807, 2.05) is 0 Å². The van der Waals surface area contributed by atoms with Crippen molar-refractivity contribution in [3.05, 3.63) is 58.9 Å². The van der Waals surface area contributed by atoms with Gasteiger partial charge in [0.25, 0.3) is 0 Å². The summed E-state index contributed by atoms with van der Waals surface area (Å²) >= 11 is 5.93. The van der Waals surface area contributed by atoms with E-state index in [0.29, 0.717) is 30.2 Å². The molecule has 1 saturated heterocycles. The van der Waals surface area contributed by atoms with Gasteiger partial charge in [-0.2, -0.15) is 4.31 Å². The molecule has 2 aromatic rings. The van der Waals surface area contributed by atoms with Crippen molar-refractivity contribution < 1.29 is 17.6 Å². The topological polar surface area (TPSA) is 69.7 Å². The fraction of sp³-hybridized carbons (Fsp3) is 0.316. The van der Waals surface area contributed by atoms with Crippen LogP contribution in [0.4, 0.5) is 14.9 Å². The lowest BCUT2D eigenvalue weighted by Crippen LogP contribution is -2.39. The standard InChI is InChI=1S/C19H21ClFN3O3S/c1-14-12-17(6-7-18(14)21)28(26,27)24-9-3-8-23(10-11-24)19(25)22-16-5-2-4-15(20)13-16/h2,4-7,12-13H,3,8-11H2,1H3,(H,22,25). The molecular formula is C19H21ClFN3O3S. The highest BCUT2D eigenvalue weighted by atomic mass is 35.5. The molecule has 28 heavy (non-hydrogen) atoms. The van der Waals surface area contributed by atoms with E-state index in [-0.39, 0.29) is 29.6 Å². The van der Waals surface area contributed by atoms with E-state index in [1.165, 1.54) is 23.4 Å². The number of hydrogen-bond acceptors (Lipinski definition) is 3. The Kier molecular flexibility index (Phi) is 6.22. The third kappa shape index (κ3) is 4.63. The summed E-state index contributed by atoms with van der Waals surface area (Å²) in [6.07, 6.45) is 0.502. The van der Waals surface area contributed by atoms with Gasteiger partial charge in [-0.05, 0) is 55.3 Å². The Morgan fingerprint density at radius 1 is 1.11 bits per heavy atom. The Balaban J connectivity index is 1.68. The van der Waals surface area contributed by atoms with Crippen molar-refractivity contribution in [3.63, 3.8) is 0 Å². The van der Waals surface area contributed by atoms with Gasteiger partial charge < -0.3 is 10.2 Å². The van der Waals surface area contributed by atoms with Gasteiger partial charge in [0, 0.05) is 36.9 Å². The van der Waals surface area contributed by atoms with Crippen molar-refractivity contribution in [2.24, 2.45) is 0 Å². The molecule has 2 amide bonds. The minimum Gasteiger partial charge on any atom is -0.323 e. The number of hydrogen-bond donors (Lipinski definition) is 1. The van der Waals surface area contributed by atoms with Crippen LogP contribution in [0.2, 0.25) is 5.02 Å². The molecule has 1 fully saturated rings. The van der Waals surface area contributed by atoms with E-state index in [4.69, 9.17) is 11.6 Å². The molecule has 6 nitrogen and oxygen atoms in total. The molecule has 3 rings (SSSR count). The van der Waals surface area contributed by atoms with Gasteiger partial charge in [-0.25, -0.2) is 17.6 Å². The quantitative estimate of drug-likeness (QED) is 0.814. The van der Waals surface area contributed by atoms with Gasteiger partial charge >= 0.3 is 6.03 Å². The van der Waals surface area contributed by atoms with Crippen molar-refractivity contribution in [2.45, 2.75) is 18.2 Å². The first-order valence-corrected chi connectivity index (χ1v) is 10.7. The highest BCUT2D eigenvalue weighted by molar-refractivity contribution is 7.89. The zero-order valence-corrected chi connectivity index (χ0v) is 16.9. The Morgan fingerprint density at radius 3 is 2.61 bits per heavy atom. The molecule has 1 aliphatic heterocycles. The smallest absolute Gasteiger partial charge is 0.321 e. The number of sulfonamides is 1. The molecule has 0 saturated carbocycles. The maximum absolute atomic E-state index is 13.5. The molecule has 0 atom stereocenters. The van der Waals surface area contributed by atoms with E-state index >= 15 is 0 Å². The predicted octanol–water partition coefficient (Wildman–Crippen LogP) is 3.72. The fourth-order valence-corrected chi connectivity index (χ4v) is 4.78. The summed E-state index contributed by atoms with van der Waals surface area (Å²) in [5, 5.41) is 3.29. The molecular weight excluding hydrogens is 405 g/mol. The second-order valence-electron chi connectivity index (χ2n) is 6.60. The molecule has 9 heteroatoms. The van der Waals surface area contributed by atoms with Crippen LogP contribution in [0.25, 0.3) is 0 Å². The summed E-state index contributed by atoms with van der Waals surface area (Å²) in [6, 6.07) is 10.3. The number of nitrogens with zero attached hydrogens (tertiary/aromatic N) is 2.